The van der Waals surface area contributed by atoms with E-state index in [1.54, 1.807) is 0 Å². The van der Waals surface area contributed by atoms with E-state index < -0.39 is 11.7 Å². The molecule has 2 rings (SSSR count). The molecule has 0 aliphatic heterocycles. The summed E-state index contributed by atoms with van der Waals surface area (Å²) in [7, 11) is 0. The number of hydrogen-bond donors (Lipinski definition) is 2. The van der Waals surface area contributed by atoms with Crippen LogP contribution < -0.4 is 5.32 Å². The highest BCUT2D eigenvalue weighted by Gasteiger charge is 2.31. The summed E-state index contributed by atoms with van der Waals surface area (Å²) in [5.41, 5.74) is -0.895. The van der Waals surface area contributed by atoms with Crippen LogP contribution in [0.25, 0.3) is 0 Å². The molecule has 0 fully saturated rings. The topological polar surface area (TPSA) is 45.1 Å². The first-order valence-electron chi connectivity index (χ1n) is 6.05. The summed E-state index contributed by atoms with van der Waals surface area (Å²) in [4.78, 5) is 4.68. The molecule has 0 bridgehead atoms. The Hall–Kier alpha value is -1.31. The van der Waals surface area contributed by atoms with Crippen molar-refractivity contribution >= 4 is 28.8 Å². The molecule has 2 heterocycles. The van der Waals surface area contributed by atoms with Crippen LogP contribution in [0.15, 0.2) is 29.8 Å². The molecule has 3 nitrogen and oxygen atoms in total. The predicted octanol–water partition coefficient (Wildman–Crippen LogP) is 4.35. The second-order valence-electron chi connectivity index (χ2n) is 4.28. The normalized spacial score (nSPS) is 13.2. The third-order valence-electron chi connectivity index (χ3n) is 2.78. The van der Waals surface area contributed by atoms with Crippen LogP contribution in [0.1, 0.15) is 22.9 Å². The Kier molecular flexibility index (Phi) is 5.08. The van der Waals surface area contributed by atoms with Gasteiger partial charge in [-0.2, -0.15) is 13.2 Å². The summed E-state index contributed by atoms with van der Waals surface area (Å²) in [6.07, 6.45) is -3.34. The fourth-order valence-electron chi connectivity index (χ4n) is 1.77. The number of pyridine rings is 1. The van der Waals surface area contributed by atoms with E-state index in [0.29, 0.717) is 6.42 Å². The number of alkyl halides is 3. The predicted molar refractivity (Wildman–Crippen MR) is 76.6 cm³/mol. The lowest BCUT2D eigenvalue weighted by atomic mass is 10.1. The van der Waals surface area contributed by atoms with Gasteiger partial charge in [0.15, 0.2) is 0 Å². The smallest absolute Gasteiger partial charge is 0.396 e. The molecule has 0 saturated heterocycles. The van der Waals surface area contributed by atoms with Crippen molar-refractivity contribution in [1.82, 2.24) is 4.98 Å². The van der Waals surface area contributed by atoms with E-state index in [9.17, 15) is 13.2 Å². The Labute approximate surface area is 128 Å². The van der Waals surface area contributed by atoms with Gasteiger partial charge in [-0.15, -0.1) is 11.3 Å². The zero-order valence-electron chi connectivity index (χ0n) is 10.7. The lowest BCUT2D eigenvalue weighted by Gasteiger charge is -2.18. The molecule has 0 aliphatic rings. The Morgan fingerprint density at radius 1 is 1.43 bits per heavy atom. The highest BCUT2D eigenvalue weighted by Crippen LogP contribution is 2.34. The number of aromatic nitrogens is 1. The van der Waals surface area contributed by atoms with Crippen molar-refractivity contribution in [2.24, 2.45) is 0 Å². The molecule has 0 aromatic carbocycles. The van der Waals surface area contributed by atoms with E-state index in [4.69, 9.17) is 16.7 Å². The van der Waals surface area contributed by atoms with E-state index in [0.717, 1.165) is 17.1 Å². The summed E-state index contributed by atoms with van der Waals surface area (Å²) in [5.74, 6) is 0.163. The minimum Gasteiger partial charge on any atom is -0.396 e. The molecule has 0 amide bonds. The van der Waals surface area contributed by atoms with Gasteiger partial charge in [0.05, 0.1) is 16.6 Å². The average molecular weight is 337 g/mol. The first kappa shape index (κ1) is 16.1. The van der Waals surface area contributed by atoms with Gasteiger partial charge >= 0.3 is 6.18 Å². The van der Waals surface area contributed by atoms with Crippen LogP contribution in [-0.4, -0.2) is 16.7 Å². The van der Waals surface area contributed by atoms with Crippen molar-refractivity contribution in [1.29, 1.82) is 0 Å². The maximum absolute atomic E-state index is 12.6. The third kappa shape index (κ3) is 4.09. The monoisotopic (exact) mass is 336 g/mol. The van der Waals surface area contributed by atoms with Crippen molar-refractivity contribution in [2.45, 2.75) is 18.6 Å². The summed E-state index contributed by atoms with van der Waals surface area (Å²) in [6, 6.07) is 4.31. The van der Waals surface area contributed by atoms with Crippen LogP contribution in [0.4, 0.5) is 19.0 Å². The Morgan fingerprint density at radius 2 is 2.19 bits per heavy atom. The van der Waals surface area contributed by atoms with Gasteiger partial charge < -0.3 is 10.4 Å². The van der Waals surface area contributed by atoms with Gasteiger partial charge in [-0.05, 0) is 23.9 Å². The minimum atomic E-state index is -4.48. The highest BCUT2D eigenvalue weighted by atomic mass is 35.5. The second-order valence-corrected chi connectivity index (χ2v) is 5.66. The van der Waals surface area contributed by atoms with Crippen LogP contribution in [0.3, 0.4) is 0 Å². The summed E-state index contributed by atoms with van der Waals surface area (Å²) in [5, 5.41) is 13.8. The number of nitrogens with zero attached hydrogens (tertiary/aromatic N) is 1. The molecule has 0 radical (unpaired) electrons. The molecule has 0 spiro atoms. The Balaban J connectivity index is 2.21. The number of aliphatic hydroxyl groups excluding tert-OH is 1. The van der Waals surface area contributed by atoms with Crippen LogP contribution in [0.2, 0.25) is 5.02 Å². The molecular formula is C13H12ClF3N2OS. The largest absolute Gasteiger partial charge is 0.417 e. The molecule has 0 saturated carbocycles. The van der Waals surface area contributed by atoms with Crippen molar-refractivity contribution in [3.63, 3.8) is 0 Å². The van der Waals surface area contributed by atoms with Crippen molar-refractivity contribution in [3.8, 4) is 0 Å². The first-order chi connectivity index (χ1) is 9.91. The molecular weight excluding hydrogens is 325 g/mol. The van der Waals surface area contributed by atoms with Gasteiger partial charge in [-0.3, -0.25) is 0 Å². The zero-order chi connectivity index (χ0) is 15.5. The molecule has 0 aliphatic carbocycles. The van der Waals surface area contributed by atoms with Gasteiger partial charge in [0.2, 0.25) is 0 Å². The van der Waals surface area contributed by atoms with Crippen molar-refractivity contribution < 1.29 is 18.3 Å². The number of halogens is 4. The molecule has 1 atom stereocenters. The third-order valence-corrected chi connectivity index (χ3v) is 4.06. The Bertz CT molecular complexity index is 590. The maximum atomic E-state index is 12.6. The SMILES string of the molecule is OCCC(Nc1ncc(C(F)(F)F)cc1Cl)c1cccs1. The summed E-state index contributed by atoms with van der Waals surface area (Å²) >= 11 is 7.34. The van der Waals surface area contributed by atoms with E-state index >= 15 is 0 Å². The van der Waals surface area contributed by atoms with Crippen molar-refractivity contribution in [2.75, 3.05) is 11.9 Å². The van der Waals surface area contributed by atoms with Gasteiger partial charge in [0, 0.05) is 17.7 Å². The van der Waals surface area contributed by atoms with Gasteiger partial charge in [0.25, 0.3) is 0 Å². The number of rotatable bonds is 5. The molecule has 2 aromatic rings. The molecule has 8 heteroatoms. The van der Waals surface area contributed by atoms with E-state index in [1.807, 2.05) is 17.5 Å². The molecule has 114 valence electrons. The van der Waals surface area contributed by atoms with E-state index in [-0.39, 0.29) is 23.5 Å². The number of aliphatic hydroxyl groups is 1. The number of hydrogen-bond acceptors (Lipinski definition) is 4. The first-order valence-corrected chi connectivity index (χ1v) is 7.31. The number of thiophene rings is 1. The van der Waals surface area contributed by atoms with Crippen LogP contribution in [0.5, 0.6) is 0 Å². The van der Waals surface area contributed by atoms with Gasteiger partial charge in [-0.25, -0.2) is 4.98 Å². The standard InChI is InChI=1S/C13H12ClF3N2OS/c14-9-6-8(13(15,16)17)7-18-12(9)19-10(3-4-20)11-2-1-5-21-11/h1-2,5-7,10,20H,3-4H2,(H,18,19). The summed E-state index contributed by atoms with van der Waals surface area (Å²) in [6.45, 7) is -0.0617. The molecule has 2 aromatic heterocycles. The molecule has 2 N–H and O–H groups in total. The Morgan fingerprint density at radius 3 is 2.71 bits per heavy atom. The van der Waals surface area contributed by atoms with Crippen molar-refractivity contribution in [3.05, 3.63) is 45.2 Å². The minimum absolute atomic E-state index is 0.0617. The lowest BCUT2D eigenvalue weighted by molar-refractivity contribution is -0.137. The lowest BCUT2D eigenvalue weighted by Crippen LogP contribution is -2.13. The van der Waals surface area contributed by atoms with Crippen LogP contribution in [0, 0.1) is 0 Å². The quantitative estimate of drug-likeness (QED) is 0.853. The zero-order valence-corrected chi connectivity index (χ0v) is 12.3. The van der Waals surface area contributed by atoms with Crippen LogP contribution >= 0.6 is 22.9 Å². The maximum Gasteiger partial charge on any atom is 0.417 e. The highest BCUT2D eigenvalue weighted by molar-refractivity contribution is 7.10. The number of nitrogens with one attached hydrogen (secondary N) is 1. The molecule has 21 heavy (non-hydrogen) atoms. The van der Waals surface area contributed by atoms with E-state index in [2.05, 4.69) is 10.3 Å². The molecule has 1 unspecified atom stereocenters. The van der Waals surface area contributed by atoms with Gasteiger partial charge in [0.1, 0.15) is 5.82 Å². The average Bonchev–Trinajstić information content (AvgIpc) is 2.93. The second kappa shape index (κ2) is 6.64. The van der Waals surface area contributed by atoms with E-state index in [1.165, 1.54) is 11.3 Å². The number of anilines is 1. The fraction of sp³-hybridized carbons (Fsp3) is 0.308. The fourth-order valence-corrected chi connectivity index (χ4v) is 2.80. The van der Waals surface area contributed by atoms with Gasteiger partial charge in [-0.1, -0.05) is 17.7 Å². The van der Waals surface area contributed by atoms with Crippen LogP contribution in [-0.2, 0) is 6.18 Å². The summed E-state index contributed by atoms with van der Waals surface area (Å²) < 4.78 is 37.7.